The van der Waals surface area contributed by atoms with Crippen LogP contribution < -0.4 is 10.1 Å². The molecule has 1 saturated heterocycles. The van der Waals surface area contributed by atoms with E-state index in [0.717, 1.165) is 73.8 Å². The third-order valence-corrected chi connectivity index (χ3v) is 4.21. The van der Waals surface area contributed by atoms with Crippen molar-refractivity contribution < 1.29 is 9.47 Å². The van der Waals surface area contributed by atoms with E-state index in [1.807, 2.05) is 25.1 Å². The molecule has 0 saturated carbocycles. The molecule has 23 heavy (non-hydrogen) atoms. The van der Waals surface area contributed by atoms with E-state index in [-0.39, 0.29) is 0 Å². The largest absolute Gasteiger partial charge is 0.497 e. The maximum Gasteiger partial charge on any atom is 0.121 e. The zero-order valence-corrected chi connectivity index (χ0v) is 14.0. The summed E-state index contributed by atoms with van der Waals surface area (Å²) in [5.41, 5.74) is 3.08. The van der Waals surface area contributed by atoms with Gasteiger partial charge in [0, 0.05) is 36.8 Å². The molecule has 0 aliphatic carbocycles. The number of hydrogen-bond acceptors (Lipinski definition) is 5. The second-order valence-corrected chi connectivity index (χ2v) is 5.93. The first kappa shape index (κ1) is 16.0. The van der Waals surface area contributed by atoms with Crippen LogP contribution in [0.15, 0.2) is 24.3 Å². The third-order valence-electron chi connectivity index (χ3n) is 4.21. The van der Waals surface area contributed by atoms with Gasteiger partial charge in [0.1, 0.15) is 5.75 Å². The molecule has 124 valence electrons. The van der Waals surface area contributed by atoms with E-state index in [1.54, 1.807) is 7.11 Å². The van der Waals surface area contributed by atoms with Gasteiger partial charge < -0.3 is 14.8 Å². The van der Waals surface area contributed by atoms with Gasteiger partial charge in [-0.15, -0.1) is 0 Å². The number of pyridine rings is 1. The fraction of sp³-hybridized carbons (Fsp3) is 0.500. The number of fused-ring (bicyclic) bond motifs is 1. The summed E-state index contributed by atoms with van der Waals surface area (Å²) in [6, 6.07) is 8.19. The van der Waals surface area contributed by atoms with Crippen molar-refractivity contribution in [2.75, 3.05) is 51.8 Å². The normalized spacial score (nSPS) is 15.7. The Morgan fingerprint density at radius 1 is 1.26 bits per heavy atom. The number of hydrogen-bond donors (Lipinski definition) is 1. The molecule has 2 heterocycles. The van der Waals surface area contributed by atoms with Crippen molar-refractivity contribution in [1.82, 2.24) is 9.88 Å². The van der Waals surface area contributed by atoms with E-state index in [1.165, 1.54) is 0 Å². The fourth-order valence-corrected chi connectivity index (χ4v) is 2.91. The van der Waals surface area contributed by atoms with Gasteiger partial charge in [0.25, 0.3) is 0 Å². The van der Waals surface area contributed by atoms with Gasteiger partial charge in [0.05, 0.1) is 31.5 Å². The Morgan fingerprint density at radius 2 is 2.09 bits per heavy atom. The molecule has 1 aromatic carbocycles. The molecule has 0 bridgehead atoms. The van der Waals surface area contributed by atoms with Gasteiger partial charge >= 0.3 is 0 Å². The average Bonchev–Trinajstić information content (AvgIpc) is 2.59. The Morgan fingerprint density at radius 3 is 2.87 bits per heavy atom. The fourth-order valence-electron chi connectivity index (χ4n) is 2.91. The predicted octanol–water partition coefficient (Wildman–Crippen LogP) is 2.69. The summed E-state index contributed by atoms with van der Waals surface area (Å²) in [5, 5.41) is 4.63. The number of rotatable bonds is 6. The molecular weight excluding hydrogens is 290 g/mol. The number of morpholine rings is 1. The molecule has 0 unspecified atom stereocenters. The second-order valence-electron chi connectivity index (χ2n) is 5.93. The van der Waals surface area contributed by atoms with Crippen LogP contribution in [-0.2, 0) is 4.74 Å². The zero-order valence-electron chi connectivity index (χ0n) is 14.0. The standard InChI is InChI=1S/C18H25N3O2/c1-14-4-5-15-12-16(22-2)13-17(18(15)20-14)19-6-3-7-21-8-10-23-11-9-21/h4-5,12-13,19H,3,6-11H2,1-2H3. The number of nitrogens with zero attached hydrogens (tertiary/aromatic N) is 2. The lowest BCUT2D eigenvalue weighted by atomic mass is 10.1. The summed E-state index contributed by atoms with van der Waals surface area (Å²) in [4.78, 5) is 7.13. The summed E-state index contributed by atoms with van der Waals surface area (Å²) in [6.45, 7) is 7.85. The predicted molar refractivity (Wildman–Crippen MR) is 93.4 cm³/mol. The van der Waals surface area contributed by atoms with Gasteiger partial charge in [-0.25, -0.2) is 0 Å². The van der Waals surface area contributed by atoms with Crippen molar-refractivity contribution in [3.05, 3.63) is 30.0 Å². The van der Waals surface area contributed by atoms with Crippen molar-refractivity contribution in [2.45, 2.75) is 13.3 Å². The third kappa shape index (κ3) is 4.12. The number of methoxy groups -OCH3 is 1. The van der Waals surface area contributed by atoms with Gasteiger partial charge in [-0.2, -0.15) is 0 Å². The Kier molecular flexibility index (Phi) is 5.31. The van der Waals surface area contributed by atoms with E-state index in [2.05, 4.69) is 21.3 Å². The highest BCUT2D eigenvalue weighted by molar-refractivity contribution is 5.92. The van der Waals surface area contributed by atoms with Crippen LogP contribution in [0.1, 0.15) is 12.1 Å². The van der Waals surface area contributed by atoms with Crippen molar-refractivity contribution in [3.8, 4) is 5.75 Å². The number of ether oxygens (including phenoxy) is 2. The van der Waals surface area contributed by atoms with E-state index in [0.29, 0.717) is 0 Å². The lowest BCUT2D eigenvalue weighted by Gasteiger charge is -2.26. The van der Waals surface area contributed by atoms with Crippen LogP contribution in [0.2, 0.25) is 0 Å². The van der Waals surface area contributed by atoms with Crippen molar-refractivity contribution in [2.24, 2.45) is 0 Å². The highest BCUT2D eigenvalue weighted by atomic mass is 16.5. The van der Waals surface area contributed by atoms with Crippen molar-refractivity contribution in [3.63, 3.8) is 0 Å². The quantitative estimate of drug-likeness (QED) is 0.831. The van der Waals surface area contributed by atoms with Crippen LogP contribution in [0.25, 0.3) is 10.9 Å². The van der Waals surface area contributed by atoms with Gasteiger partial charge in [0.15, 0.2) is 0 Å². The van der Waals surface area contributed by atoms with Crippen molar-refractivity contribution in [1.29, 1.82) is 0 Å². The Bertz CT molecular complexity index is 654. The van der Waals surface area contributed by atoms with Crippen LogP contribution in [0, 0.1) is 6.92 Å². The number of benzene rings is 1. The minimum absolute atomic E-state index is 0.858. The minimum atomic E-state index is 0.858. The average molecular weight is 315 g/mol. The SMILES string of the molecule is COc1cc(NCCCN2CCOCC2)c2nc(C)ccc2c1. The number of aromatic nitrogens is 1. The molecule has 1 aliphatic rings. The summed E-state index contributed by atoms with van der Waals surface area (Å²) in [6.07, 6.45) is 1.10. The minimum Gasteiger partial charge on any atom is -0.497 e. The molecule has 1 aromatic heterocycles. The molecule has 1 fully saturated rings. The molecule has 0 radical (unpaired) electrons. The van der Waals surface area contributed by atoms with Gasteiger partial charge in [0.2, 0.25) is 0 Å². The number of aryl methyl sites for hydroxylation is 1. The topological polar surface area (TPSA) is 46.6 Å². The Labute approximate surface area is 137 Å². The molecule has 0 spiro atoms. The monoisotopic (exact) mass is 315 g/mol. The zero-order chi connectivity index (χ0) is 16.1. The summed E-state index contributed by atoms with van der Waals surface area (Å²) in [5.74, 6) is 0.860. The lowest BCUT2D eigenvalue weighted by molar-refractivity contribution is 0.0378. The summed E-state index contributed by atoms with van der Waals surface area (Å²) in [7, 11) is 1.70. The van der Waals surface area contributed by atoms with Crippen molar-refractivity contribution >= 4 is 16.6 Å². The first-order valence-corrected chi connectivity index (χ1v) is 8.25. The first-order valence-electron chi connectivity index (χ1n) is 8.25. The molecule has 1 aliphatic heterocycles. The molecule has 1 N–H and O–H groups in total. The first-order chi connectivity index (χ1) is 11.3. The van der Waals surface area contributed by atoms with Gasteiger partial charge in [-0.3, -0.25) is 9.88 Å². The molecule has 5 heteroatoms. The highest BCUT2D eigenvalue weighted by Crippen LogP contribution is 2.28. The van der Waals surface area contributed by atoms with Crippen LogP contribution in [0.5, 0.6) is 5.75 Å². The molecule has 5 nitrogen and oxygen atoms in total. The van der Waals surface area contributed by atoms with Gasteiger partial charge in [-0.1, -0.05) is 6.07 Å². The molecule has 0 atom stereocenters. The Balaban J connectivity index is 1.65. The van der Waals surface area contributed by atoms with Crippen LogP contribution in [-0.4, -0.2) is 56.4 Å². The maximum atomic E-state index is 5.40. The number of anilines is 1. The van der Waals surface area contributed by atoms with E-state index < -0.39 is 0 Å². The van der Waals surface area contributed by atoms with Crippen LogP contribution in [0.4, 0.5) is 5.69 Å². The van der Waals surface area contributed by atoms with Crippen LogP contribution >= 0.6 is 0 Å². The number of nitrogens with one attached hydrogen (secondary N) is 1. The summed E-state index contributed by atoms with van der Waals surface area (Å²) < 4.78 is 10.8. The summed E-state index contributed by atoms with van der Waals surface area (Å²) >= 11 is 0. The smallest absolute Gasteiger partial charge is 0.121 e. The molecule has 2 aromatic rings. The van der Waals surface area contributed by atoms with Gasteiger partial charge in [-0.05, 0) is 32.0 Å². The van der Waals surface area contributed by atoms with E-state index in [4.69, 9.17) is 9.47 Å². The van der Waals surface area contributed by atoms with Crippen LogP contribution in [0.3, 0.4) is 0 Å². The molecular formula is C18H25N3O2. The van der Waals surface area contributed by atoms with E-state index in [9.17, 15) is 0 Å². The molecule has 3 rings (SSSR count). The highest BCUT2D eigenvalue weighted by Gasteiger charge is 2.10. The second kappa shape index (κ2) is 7.62. The molecule has 0 amide bonds. The Hall–Kier alpha value is -1.85. The van der Waals surface area contributed by atoms with E-state index >= 15 is 0 Å². The maximum absolute atomic E-state index is 5.40. The lowest BCUT2D eigenvalue weighted by Crippen LogP contribution is -2.37.